The predicted molar refractivity (Wildman–Crippen MR) is 79.1 cm³/mol. The van der Waals surface area contributed by atoms with Crippen molar-refractivity contribution in [3.05, 3.63) is 11.8 Å². The lowest BCUT2D eigenvalue weighted by Crippen LogP contribution is -2.35. The fraction of sp³-hybridized carbons (Fsp3) is 0.571. The van der Waals surface area contributed by atoms with Gasteiger partial charge in [0, 0.05) is 18.3 Å². The molecule has 0 aromatic carbocycles. The third-order valence-corrected chi connectivity index (χ3v) is 4.23. The Morgan fingerprint density at radius 2 is 2.18 bits per heavy atom. The van der Waals surface area contributed by atoms with Crippen molar-refractivity contribution in [3.63, 3.8) is 0 Å². The van der Waals surface area contributed by atoms with Crippen LogP contribution in [0.5, 0.6) is 6.01 Å². The first kappa shape index (κ1) is 14.6. The molecule has 22 heavy (non-hydrogen) atoms. The Labute approximate surface area is 127 Å². The highest BCUT2D eigenvalue weighted by molar-refractivity contribution is 5.76. The Hall–Kier alpha value is -2.38. The van der Waals surface area contributed by atoms with E-state index in [-0.39, 0.29) is 6.01 Å². The van der Waals surface area contributed by atoms with Crippen molar-refractivity contribution in [2.45, 2.75) is 32.6 Å². The maximum absolute atomic E-state index is 11.6. The Kier molecular flexibility index (Phi) is 3.59. The molecule has 2 aromatic rings. The first-order valence-corrected chi connectivity index (χ1v) is 7.30. The molecule has 8 heteroatoms. The van der Waals surface area contributed by atoms with Crippen molar-refractivity contribution >= 4 is 17.6 Å². The molecular weight excluding hydrogens is 286 g/mol. The number of carboxylic acid groups (broad SMARTS) is 1. The Morgan fingerprint density at radius 1 is 1.45 bits per heavy atom. The van der Waals surface area contributed by atoms with Crippen LogP contribution in [0.4, 0.5) is 5.82 Å². The van der Waals surface area contributed by atoms with Gasteiger partial charge in [-0.1, -0.05) is 12.8 Å². The Balaban J connectivity index is 1.90. The fourth-order valence-corrected chi connectivity index (χ4v) is 2.96. The predicted octanol–water partition coefficient (Wildman–Crippen LogP) is 1.50. The number of aliphatic carboxylic acids is 1. The fourth-order valence-electron chi connectivity index (χ4n) is 2.96. The minimum atomic E-state index is -0.740. The van der Waals surface area contributed by atoms with Gasteiger partial charge < -0.3 is 15.2 Å². The van der Waals surface area contributed by atoms with E-state index in [2.05, 4.69) is 20.4 Å². The van der Waals surface area contributed by atoms with Crippen molar-refractivity contribution in [2.24, 2.45) is 5.41 Å². The second-order valence-corrected chi connectivity index (χ2v) is 5.74. The van der Waals surface area contributed by atoms with E-state index in [1.807, 2.05) is 13.0 Å². The highest BCUT2D eigenvalue weighted by atomic mass is 16.5. The van der Waals surface area contributed by atoms with Crippen LogP contribution in [0.15, 0.2) is 6.07 Å². The van der Waals surface area contributed by atoms with Crippen LogP contribution in [0, 0.1) is 12.3 Å². The maximum Gasteiger partial charge on any atom is 0.337 e. The summed E-state index contributed by atoms with van der Waals surface area (Å²) in [7, 11) is 1.49. The van der Waals surface area contributed by atoms with Gasteiger partial charge in [-0.15, -0.1) is 5.10 Å². The minimum absolute atomic E-state index is 0.231. The van der Waals surface area contributed by atoms with E-state index in [1.165, 1.54) is 11.6 Å². The largest absolute Gasteiger partial charge is 0.481 e. The van der Waals surface area contributed by atoms with Crippen LogP contribution >= 0.6 is 0 Å². The molecule has 0 amide bonds. The lowest BCUT2D eigenvalue weighted by Gasteiger charge is -2.24. The molecular formula is C14H19N5O3. The van der Waals surface area contributed by atoms with Crippen LogP contribution in [0.25, 0.3) is 5.78 Å². The molecule has 1 aliphatic carbocycles. The number of ether oxygens (including phenoxy) is 1. The average molecular weight is 305 g/mol. The summed E-state index contributed by atoms with van der Waals surface area (Å²) >= 11 is 0. The van der Waals surface area contributed by atoms with Crippen LogP contribution < -0.4 is 10.1 Å². The smallest absolute Gasteiger partial charge is 0.337 e. The van der Waals surface area contributed by atoms with Gasteiger partial charge in [-0.05, 0) is 19.8 Å². The van der Waals surface area contributed by atoms with Crippen molar-refractivity contribution in [2.75, 3.05) is 19.0 Å². The van der Waals surface area contributed by atoms with Crippen LogP contribution in [0.2, 0.25) is 0 Å². The third kappa shape index (κ3) is 2.44. The molecule has 0 saturated heterocycles. The molecule has 0 radical (unpaired) electrons. The lowest BCUT2D eigenvalue weighted by molar-refractivity contribution is -0.147. The monoisotopic (exact) mass is 305 g/mol. The zero-order valence-electron chi connectivity index (χ0n) is 12.7. The number of aromatic nitrogens is 4. The summed E-state index contributed by atoms with van der Waals surface area (Å²) in [5.74, 6) is 0.358. The van der Waals surface area contributed by atoms with E-state index < -0.39 is 11.4 Å². The molecule has 0 unspecified atom stereocenters. The molecule has 0 spiro atoms. The topological polar surface area (TPSA) is 102 Å². The van der Waals surface area contributed by atoms with Gasteiger partial charge in [0.05, 0.1) is 12.5 Å². The minimum Gasteiger partial charge on any atom is -0.481 e. The molecule has 8 nitrogen and oxygen atoms in total. The quantitative estimate of drug-likeness (QED) is 0.863. The maximum atomic E-state index is 11.6. The molecule has 3 rings (SSSR count). The van der Waals surface area contributed by atoms with Gasteiger partial charge in [0.25, 0.3) is 5.78 Å². The summed E-state index contributed by atoms with van der Waals surface area (Å²) in [5, 5.41) is 17.0. The first-order valence-electron chi connectivity index (χ1n) is 7.30. The van der Waals surface area contributed by atoms with Crippen LogP contribution in [0.1, 0.15) is 31.4 Å². The zero-order valence-corrected chi connectivity index (χ0v) is 12.7. The number of aryl methyl sites for hydroxylation is 1. The highest BCUT2D eigenvalue weighted by Gasteiger charge is 2.41. The number of nitrogens with one attached hydrogen (secondary N) is 1. The van der Waals surface area contributed by atoms with Gasteiger partial charge in [-0.3, -0.25) is 4.79 Å². The summed E-state index contributed by atoms with van der Waals surface area (Å²) in [6.07, 6.45) is 3.30. The molecule has 1 saturated carbocycles. The van der Waals surface area contributed by atoms with Crippen LogP contribution in [0.3, 0.4) is 0 Å². The molecule has 0 aliphatic heterocycles. The number of carbonyl (C=O) groups is 1. The summed E-state index contributed by atoms with van der Waals surface area (Å²) in [6.45, 7) is 2.22. The Morgan fingerprint density at radius 3 is 2.82 bits per heavy atom. The highest BCUT2D eigenvalue weighted by Crippen LogP contribution is 2.38. The van der Waals surface area contributed by atoms with E-state index in [1.54, 1.807) is 0 Å². The van der Waals surface area contributed by atoms with Crippen LogP contribution in [-0.2, 0) is 4.79 Å². The third-order valence-electron chi connectivity index (χ3n) is 4.23. The van der Waals surface area contributed by atoms with E-state index in [0.29, 0.717) is 31.0 Å². The number of carboxylic acids is 1. The van der Waals surface area contributed by atoms with Gasteiger partial charge in [0.1, 0.15) is 5.82 Å². The molecule has 2 aromatic heterocycles. The number of methoxy groups -OCH3 is 1. The normalized spacial score (nSPS) is 16.8. The summed E-state index contributed by atoms with van der Waals surface area (Å²) in [6, 6.07) is 2.06. The number of hydrogen-bond acceptors (Lipinski definition) is 6. The van der Waals surface area contributed by atoms with E-state index >= 15 is 0 Å². The van der Waals surface area contributed by atoms with Gasteiger partial charge in [0.2, 0.25) is 0 Å². The lowest BCUT2D eigenvalue weighted by atomic mass is 9.86. The van der Waals surface area contributed by atoms with Crippen molar-refractivity contribution < 1.29 is 14.6 Å². The summed E-state index contributed by atoms with van der Waals surface area (Å²) < 4.78 is 6.56. The van der Waals surface area contributed by atoms with Gasteiger partial charge in [-0.2, -0.15) is 9.50 Å². The van der Waals surface area contributed by atoms with Crippen LogP contribution in [-0.4, -0.2) is 44.3 Å². The molecule has 2 heterocycles. The van der Waals surface area contributed by atoms with E-state index in [9.17, 15) is 9.90 Å². The van der Waals surface area contributed by atoms with Crippen molar-refractivity contribution in [3.8, 4) is 6.01 Å². The van der Waals surface area contributed by atoms with E-state index in [0.717, 1.165) is 18.5 Å². The van der Waals surface area contributed by atoms with E-state index in [4.69, 9.17) is 4.74 Å². The second kappa shape index (κ2) is 5.43. The van der Waals surface area contributed by atoms with Crippen molar-refractivity contribution in [1.82, 2.24) is 19.6 Å². The Bertz CT molecular complexity index is 706. The second-order valence-electron chi connectivity index (χ2n) is 5.74. The average Bonchev–Trinajstić information content (AvgIpc) is 3.11. The molecule has 0 atom stereocenters. The number of nitrogens with zero attached hydrogens (tertiary/aromatic N) is 4. The number of rotatable bonds is 5. The number of hydrogen-bond donors (Lipinski definition) is 2. The van der Waals surface area contributed by atoms with Gasteiger partial charge in [-0.25, -0.2) is 4.98 Å². The summed E-state index contributed by atoms with van der Waals surface area (Å²) in [5.41, 5.74) is 0.0783. The van der Waals surface area contributed by atoms with Gasteiger partial charge >= 0.3 is 12.0 Å². The number of fused-ring (bicyclic) bond motifs is 1. The number of anilines is 1. The first-order chi connectivity index (χ1) is 10.5. The molecule has 1 aliphatic rings. The molecule has 0 bridgehead atoms. The molecule has 2 N–H and O–H groups in total. The molecule has 1 fully saturated rings. The SMILES string of the molecule is COc1nc2nc(C)cc(NCC3(C(=O)O)CCCC3)n2n1. The van der Waals surface area contributed by atoms with Gasteiger partial charge in [0.15, 0.2) is 0 Å². The summed E-state index contributed by atoms with van der Waals surface area (Å²) in [4.78, 5) is 20.1. The van der Waals surface area contributed by atoms with Crippen molar-refractivity contribution in [1.29, 1.82) is 0 Å². The zero-order chi connectivity index (χ0) is 15.7. The molecule has 118 valence electrons. The standard InChI is InChI=1S/C14H19N5O3/c1-9-7-10(19-12(16-9)17-13(18-19)22-2)15-8-14(11(20)21)5-3-4-6-14/h7,15H,3-6,8H2,1-2H3,(H,20,21).